The van der Waals surface area contributed by atoms with Crippen molar-refractivity contribution in [1.82, 2.24) is 0 Å². The van der Waals surface area contributed by atoms with Crippen LogP contribution in [0, 0.1) is 0 Å². The van der Waals surface area contributed by atoms with Crippen LogP contribution in [0.2, 0.25) is 0 Å². The third-order valence-corrected chi connectivity index (χ3v) is 3.54. The molecule has 5 heteroatoms. The van der Waals surface area contributed by atoms with Crippen molar-refractivity contribution in [1.29, 1.82) is 0 Å². The average Bonchev–Trinajstić information content (AvgIpc) is 2.99. The maximum Gasteiger partial charge on any atom is 0.164 e. The molecule has 1 fully saturated rings. The molecule has 5 nitrogen and oxygen atoms in total. The summed E-state index contributed by atoms with van der Waals surface area (Å²) in [6.45, 7) is 4.73. The molecule has 1 aromatic rings. The fourth-order valence-electron chi connectivity index (χ4n) is 2.48. The van der Waals surface area contributed by atoms with E-state index in [1.807, 2.05) is 0 Å². The van der Waals surface area contributed by atoms with Crippen LogP contribution in [0.15, 0.2) is 18.2 Å². The second-order valence-corrected chi connectivity index (χ2v) is 5.31. The number of hydrogen-bond acceptors (Lipinski definition) is 5. The van der Waals surface area contributed by atoms with E-state index in [2.05, 4.69) is 0 Å². The molecule has 0 bridgehead atoms. The summed E-state index contributed by atoms with van der Waals surface area (Å²) in [7, 11) is 0. The van der Waals surface area contributed by atoms with Crippen molar-refractivity contribution >= 4 is 11.6 Å². The lowest BCUT2D eigenvalue weighted by atomic mass is 10.0. The Balaban J connectivity index is 1.87. The highest BCUT2D eigenvalue weighted by atomic mass is 16.7. The molecule has 0 amide bonds. The minimum Gasteiger partial charge on any atom is -0.493 e. The van der Waals surface area contributed by atoms with E-state index in [0.29, 0.717) is 36.7 Å². The van der Waals surface area contributed by atoms with Gasteiger partial charge in [0.2, 0.25) is 0 Å². The highest BCUT2D eigenvalue weighted by Gasteiger charge is 2.17. The molecule has 120 valence electrons. The Bertz CT molecular complexity index is 532. The quantitative estimate of drug-likeness (QED) is 0.546. The Hall–Kier alpha value is -1.72. The van der Waals surface area contributed by atoms with E-state index in [1.54, 1.807) is 18.2 Å². The zero-order valence-corrected chi connectivity index (χ0v) is 13.1. The van der Waals surface area contributed by atoms with Crippen LogP contribution >= 0.6 is 0 Å². The van der Waals surface area contributed by atoms with E-state index in [9.17, 15) is 9.59 Å². The minimum atomic E-state index is -0.159. The first-order chi connectivity index (χ1) is 10.6. The van der Waals surface area contributed by atoms with Crippen LogP contribution in [-0.2, 0) is 9.47 Å². The summed E-state index contributed by atoms with van der Waals surface area (Å²) < 4.78 is 16.4. The Morgan fingerprint density at radius 2 is 1.86 bits per heavy atom. The zero-order valence-electron chi connectivity index (χ0n) is 13.1. The fourth-order valence-corrected chi connectivity index (χ4v) is 2.48. The SMILES string of the molecule is CC(=O)c1cccc(OCCCCC2OCCO2)c1C(C)=O. The Morgan fingerprint density at radius 1 is 1.14 bits per heavy atom. The van der Waals surface area contributed by atoms with Gasteiger partial charge >= 0.3 is 0 Å². The fraction of sp³-hybridized carbons (Fsp3) is 0.529. The van der Waals surface area contributed by atoms with Crippen LogP contribution in [0.25, 0.3) is 0 Å². The van der Waals surface area contributed by atoms with Gasteiger partial charge < -0.3 is 14.2 Å². The molecule has 0 unspecified atom stereocenters. The summed E-state index contributed by atoms with van der Waals surface area (Å²) in [6.07, 6.45) is 2.52. The van der Waals surface area contributed by atoms with Gasteiger partial charge in [-0.2, -0.15) is 0 Å². The summed E-state index contributed by atoms with van der Waals surface area (Å²) in [6, 6.07) is 5.12. The van der Waals surface area contributed by atoms with Gasteiger partial charge in [-0.25, -0.2) is 0 Å². The topological polar surface area (TPSA) is 61.8 Å². The minimum absolute atomic E-state index is 0.0891. The second-order valence-electron chi connectivity index (χ2n) is 5.31. The van der Waals surface area contributed by atoms with Crippen molar-refractivity contribution in [3.05, 3.63) is 29.3 Å². The molecule has 1 aromatic carbocycles. The number of unbranched alkanes of at least 4 members (excludes halogenated alkanes) is 1. The van der Waals surface area contributed by atoms with Crippen LogP contribution < -0.4 is 4.74 Å². The van der Waals surface area contributed by atoms with Crippen molar-refractivity contribution < 1.29 is 23.8 Å². The summed E-state index contributed by atoms with van der Waals surface area (Å²) in [5.74, 6) is 0.188. The highest BCUT2D eigenvalue weighted by Crippen LogP contribution is 2.24. The number of ether oxygens (including phenoxy) is 3. The number of ketones is 2. The predicted molar refractivity (Wildman–Crippen MR) is 81.5 cm³/mol. The number of carbonyl (C=O) groups excluding carboxylic acids is 2. The van der Waals surface area contributed by atoms with E-state index in [4.69, 9.17) is 14.2 Å². The Kier molecular flexibility index (Phi) is 6.10. The standard InChI is InChI=1S/C17H22O5/c1-12(18)14-6-5-7-15(17(14)13(2)19)20-9-4-3-8-16-21-10-11-22-16/h5-7,16H,3-4,8-11H2,1-2H3. The summed E-state index contributed by atoms with van der Waals surface area (Å²) in [4.78, 5) is 23.4. The van der Waals surface area contributed by atoms with Gasteiger partial charge in [-0.05, 0) is 39.2 Å². The van der Waals surface area contributed by atoms with Crippen molar-refractivity contribution in [3.63, 3.8) is 0 Å². The molecule has 1 aliphatic heterocycles. The van der Waals surface area contributed by atoms with Crippen LogP contribution in [-0.4, -0.2) is 37.7 Å². The van der Waals surface area contributed by atoms with Crippen molar-refractivity contribution in [2.75, 3.05) is 19.8 Å². The number of benzene rings is 1. The lowest BCUT2D eigenvalue weighted by Crippen LogP contribution is -2.10. The largest absolute Gasteiger partial charge is 0.493 e. The number of hydrogen-bond donors (Lipinski definition) is 0. The van der Waals surface area contributed by atoms with Gasteiger partial charge in [0.1, 0.15) is 5.75 Å². The van der Waals surface area contributed by atoms with Crippen molar-refractivity contribution in [3.8, 4) is 5.75 Å². The molecule has 0 aromatic heterocycles. The molecule has 0 spiro atoms. The van der Waals surface area contributed by atoms with Gasteiger partial charge in [0.15, 0.2) is 17.9 Å². The summed E-state index contributed by atoms with van der Waals surface area (Å²) in [5, 5.41) is 0. The molecule has 2 rings (SSSR count). The molecular formula is C17H22O5. The first-order valence-corrected chi connectivity index (χ1v) is 7.60. The lowest BCUT2D eigenvalue weighted by Gasteiger charge is -2.13. The van der Waals surface area contributed by atoms with Gasteiger partial charge in [0.05, 0.1) is 25.4 Å². The van der Waals surface area contributed by atoms with Gasteiger partial charge in [-0.1, -0.05) is 12.1 Å². The molecule has 22 heavy (non-hydrogen) atoms. The third kappa shape index (κ3) is 4.39. The Labute approximate surface area is 130 Å². The lowest BCUT2D eigenvalue weighted by molar-refractivity contribution is -0.0482. The molecule has 1 saturated heterocycles. The van der Waals surface area contributed by atoms with Gasteiger partial charge in [0.25, 0.3) is 0 Å². The Morgan fingerprint density at radius 3 is 2.50 bits per heavy atom. The number of Topliss-reactive ketones (excluding diaryl/α,β-unsaturated/α-hetero) is 2. The summed E-state index contributed by atoms with van der Waals surface area (Å²) >= 11 is 0. The normalized spacial score (nSPS) is 15.0. The van der Waals surface area contributed by atoms with E-state index in [-0.39, 0.29) is 17.9 Å². The van der Waals surface area contributed by atoms with Crippen molar-refractivity contribution in [2.24, 2.45) is 0 Å². The molecule has 0 atom stereocenters. The van der Waals surface area contributed by atoms with Gasteiger partial charge in [-0.15, -0.1) is 0 Å². The first-order valence-electron chi connectivity index (χ1n) is 7.60. The summed E-state index contributed by atoms with van der Waals surface area (Å²) in [5.41, 5.74) is 0.787. The molecule has 1 aliphatic rings. The molecule has 1 heterocycles. The second kappa shape index (κ2) is 8.06. The van der Waals surface area contributed by atoms with Crippen LogP contribution in [0.4, 0.5) is 0 Å². The molecule has 0 N–H and O–H groups in total. The van der Waals surface area contributed by atoms with Crippen LogP contribution in [0.1, 0.15) is 53.8 Å². The maximum atomic E-state index is 11.8. The van der Waals surface area contributed by atoms with E-state index in [1.165, 1.54) is 13.8 Å². The molecule has 0 saturated carbocycles. The maximum absolute atomic E-state index is 11.8. The number of rotatable bonds is 8. The van der Waals surface area contributed by atoms with E-state index >= 15 is 0 Å². The molecule has 0 aliphatic carbocycles. The monoisotopic (exact) mass is 306 g/mol. The highest BCUT2D eigenvalue weighted by molar-refractivity contribution is 6.08. The van der Waals surface area contributed by atoms with Crippen LogP contribution in [0.3, 0.4) is 0 Å². The van der Waals surface area contributed by atoms with Gasteiger partial charge in [-0.3, -0.25) is 9.59 Å². The third-order valence-electron chi connectivity index (χ3n) is 3.54. The molecule has 0 radical (unpaired) electrons. The van der Waals surface area contributed by atoms with Crippen molar-refractivity contribution in [2.45, 2.75) is 39.4 Å². The molecular weight excluding hydrogens is 284 g/mol. The smallest absolute Gasteiger partial charge is 0.164 e. The number of carbonyl (C=O) groups is 2. The zero-order chi connectivity index (χ0) is 15.9. The van der Waals surface area contributed by atoms with E-state index in [0.717, 1.165) is 19.3 Å². The predicted octanol–water partition coefficient (Wildman–Crippen LogP) is 3.01. The first kappa shape index (κ1) is 16.6. The van der Waals surface area contributed by atoms with Crippen LogP contribution in [0.5, 0.6) is 5.75 Å². The average molecular weight is 306 g/mol. The van der Waals surface area contributed by atoms with Gasteiger partial charge in [0, 0.05) is 5.56 Å². The van der Waals surface area contributed by atoms with E-state index < -0.39 is 0 Å².